The molecule has 4 rings (SSSR count). The van der Waals surface area contributed by atoms with Gasteiger partial charge in [-0.15, -0.1) is 0 Å². The number of carbonyl (C=O) groups excluding carboxylic acids is 2. The van der Waals surface area contributed by atoms with E-state index in [0.717, 1.165) is 0 Å². The Bertz CT molecular complexity index is 1260. The molecule has 3 N–H and O–H groups in total. The van der Waals surface area contributed by atoms with Gasteiger partial charge < -0.3 is 16.0 Å². The summed E-state index contributed by atoms with van der Waals surface area (Å²) in [5, 5.41) is 20.2. The van der Waals surface area contributed by atoms with Gasteiger partial charge in [0, 0.05) is 52.0 Å². The highest BCUT2D eigenvalue weighted by Gasteiger charge is 2.36. The van der Waals surface area contributed by atoms with Crippen LogP contribution in [0.1, 0.15) is 25.3 Å². The van der Waals surface area contributed by atoms with Crippen LogP contribution in [0, 0.1) is 10.1 Å². The minimum absolute atomic E-state index is 0.0744. The summed E-state index contributed by atoms with van der Waals surface area (Å²) in [6.07, 6.45) is 0. The summed E-state index contributed by atoms with van der Waals surface area (Å²) in [7, 11) is 0. The lowest BCUT2D eigenvalue weighted by Crippen LogP contribution is -2.35. The fourth-order valence-corrected chi connectivity index (χ4v) is 4.16. The number of carbonyl (C=O) groups is 2. The number of dihydropyridines is 1. The third kappa shape index (κ3) is 5.11. The predicted molar refractivity (Wildman–Crippen MR) is 135 cm³/mol. The normalized spacial score (nSPS) is 13.8. The summed E-state index contributed by atoms with van der Waals surface area (Å²) < 4.78 is 0. The Labute approximate surface area is 202 Å². The van der Waals surface area contributed by atoms with Gasteiger partial charge in [-0.05, 0) is 43.7 Å². The fourth-order valence-electron chi connectivity index (χ4n) is 4.16. The van der Waals surface area contributed by atoms with Crippen molar-refractivity contribution in [3.8, 4) is 0 Å². The summed E-state index contributed by atoms with van der Waals surface area (Å²) in [5.74, 6) is -1.49. The van der Waals surface area contributed by atoms with Gasteiger partial charge in [-0.1, -0.05) is 48.5 Å². The number of nitro groups is 1. The number of nitro benzene ring substituents is 1. The molecule has 3 aromatic rings. The highest BCUT2D eigenvalue weighted by molar-refractivity contribution is 6.11. The first-order valence-electron chi connectivity index (χ1n) is 11.0. The van der Waals surface area contributed by atoms with Crippen molar-refractivity contribution in [3.63, 3.8) is 0 Å². The molecule has 0 saturated heterocycles. The molecule has 0 bridgehead atoms. The van der Waals surface area contributed by atoms with Crippen LogP contribution in [0.4, 0.5) is 17.1 Å². The van der Waals surface area contributed by atoms with Gasteiger partial charge in [0.15, 0.2) is 0 Å². The second kappa shape index (κ2) is 10.0. The van der Waals surface area contributed by atoms with E-state index in [1.807, 2.05) is 36.4 Å². The van der Waals surface area contributed by atoms with Gasteiger partial charge in [-0.25, -0.2) is 0 Å². The van der Waals surface area contributed by atoms with Gasteiger partial charge in [0.2, 0.25) is 0 Å². The molecule has 1 heterocycles. The zero-order valence-electron chi connectivity index (χ0n) is 19.2. The average molecular weight is 469 g/mol. The lowest BCUT2D eigenvalue weighted by atomic mass is 9.79. The van der Waals surface area contributed by atoms with Crippen molar-refractivity contribution < 1.29 is 14.5 Å². The monoisotopic (exact) mass is 468 g/mol. The molecular weight excluding hydrogens is 444 g/mol. The maximum Gasteiger partial charge on any atom is 0.269 e. The molecule has 0 atom stereocenters. The maximum atomic E-state index is 13.5. The molecule has 1 aliphatic heterocycles. The number of hydrogen-bond donors (Lipinski definition) is 3. The molecule has 0 aromatic heterocycles. The van der Waals surface area contributed by atoms with Gasteiger partial charge in [-0.2, -0.15) is 0 Å². The molecule has 3 aromatic carbocycles. The van der Waals surface area contributed by atoms with Crippen molar-refractivity contribution in [2.24, 2.45) is 0 Å². The van der Waals surface area contributed by atoms with Crippen LogP contribution in [0.5, 0.6) is 0 Å². The molecule has 0 saturated carbocycles. The second-order valence-corrected chi connectivity index (χ2v) is 8.12. The Hall–Kier alpha value is -4.72. The van der Waals surface area contributed by atoms with Crippen LogP contribution in [-0.4, -0.2) is 16.7 Å². The number of benzene rings is 3. The molecule has 0 radical (unpaired) electrons. The first kappa shape index (κ1) is 23.4. The average Bonchev–Trinajstić information content (AvgIpc) is 2.84. The van der Waals surface area contributed by atoms with Gasteiger partial charge >= 0.3 is 0 Å². The Kier molecular flexibility index (Phi) is 6.73. The molecule has 8 heteroatoms. The fraction of sp³-hybridized carbons (Fsp3) is 0.111. The lowest BCUT2D eigenvalue weighted by Gasteiger charge is -2.31. The summed E-state index contributed by atoms with van der Waals surface area (Å²) in [6, 6.07) is 24.0. The summed E-state index contributed by atoms with van der Waals surface area (Å²) in [6.45, 7) is 3.54. The Morgan fingerprint density at radius 3 is 1.57 bits per heavy atom. The molecule has 0 unspecified atom stereocenters. The standard InChI is InChI=1S/C27H24N4O4/c1-17-23(26(32)29-20-9-5-3-6-10-20)25(19-13-15-22(16-14-19)31(34)35)24(18(2)28-17)27(33)30-21-11-7-4-8-12-21/h3-16,25,28H,1-2H3,(H,29,32)(H,30,33). The number of hydrogen-bond acceptors (Lipinski definition) is 5. The van der Waals surface area contributed by atoms with Crippen LogP contribution >= 0.6 is 0 Å². The van der Waals surface area contributed by atoms with Crippen molar-refractivity contribution >= 4 is 28.9 Å². The van der Waals surface area contributed by atoms with Crippen molar-refractivity contribution in [1.82, 2.24) is 5.32 Å². The number of nitrogens with zero attached hydrogens (tertiary/aromatic N) is 1. The number of nitrogens with one attached hydrogen (secondary N) is 3. The van der Waals surface area contributed by atoms with Gasteiger partial charge in [0.1, 0.15) is 0 Å². The molecule has 35 heavy (non-hydrogen) atoms. The number of rotatable bonds is 6. The van der Waals surface area contributed by atoms with Crippen LogP contribution in [0.25, 0.3) is 0 Å². The van der Waals surface area contributed by atoms with Crippen LogP contribution in [0.2, 0.25) is 0 Å². The molecular formula is C27H24N4O4. The minimum atomic E-state index is -0.746. The molecule has 176 valence electrons. The van der Waals surface area contributed by atoms with Crippen molar-refractivity contribution in [1.29, 1.82) is 0 Å². The first-order valence-corrected chi connectivity index (χ1v) is 11.0. The highest BCUT2D eigenvalue weighted by Crippen LogP contribution is 2.39. The van der Waals surface area contributed by atoms with E-state index in [0.29, 0.717) is 39.5 Å². The molecule has 0 spiro atoms. The number of allylic oxidation sites excluding steroid dienone is 2. The van der Waals surface area contributed by atoms with Gasteiger partial charge in [0.25, 0.3) is 17.5 Å². The van der Waals surface area contributed by atoms with E-state index in [4.69, 9.17) is 0 Å². The maximum absolute atomic E-state index is 13.5. The van der Waals surface area contributed by atoms with Crippen LogP contribution in [0.15, 0.2) is 107 Å². The third-order valence-electron chi connectivity index (χ3n) is 5.75. The third-order valence-corrected chi connectivity index (χ3v) is 5.75. The van der Waals surface area contributed by atoms with E-state index < -0.39 is 10.8 Å². The largest absolute Gasteiger partial charge is 0.362 e. The molecule has 0 fully saturated rings. The smallest absolute Gasteiger partial charge is 0.269 e. The van der Waals surface area contributed by atoms with E-state index >= 15 is 0 Å². The zero-order chi connectivity index (χ0) is 24.9. The van der Waals surface area contributed by atoms with Crippen LogP contribution in [-0.2, 0) is 9.59 Å². The molecule has 0 aliphatic carbocycles. The summed E-state index contributed by atoms with van der Waals surface area (Å²) in [4.78, 5) is 37.7. The quantitative estimate of drug-likeness (QED) is 0.344. The second-order valence-electron chi connectivity index (χ2n) is 8.12. The topological polar surface area (TPSA) is 113 Å². The van der Waals surface area contributed by atoms with Crippen LogP contribution in [0.3, 0.4) is 0 Å². The van der Waals surface area contributed by atoms with Crippen LogP contribution < -0.4 is 16.0 Å². The predicted octanol–water partition coefficient (Wildman–Crippen LogP) is 5.11. The van der Waals surface area contributed by atoms with Gasteiger partial charge in [0.05, 0.1) is 4.92 Å². The lowest BCUT2D eigenvalue weighted by molar-refractivity contribution is -0.384. The van der Waals surface area contributed by atoms with E-state index in [-0.39, 0.29) is 17.5 Å². The van der Waals surface area contributed by atoms with E-state index in [9.17, 15) is 19.7 Å². The number of non-ortho nitro benzene ring substituents is 1. The van der Waals surface area contributed by atoms with Crippen molar-refractivity contribution in [3.05, 3.63) is 123 Å². The Morgan fingerprint density at radius 1 is 0.743 bits per heavy atom. The van der Waals surface area contributed by atoms with Crippen molar-refractivity contribution in [2.45, 2.75) is 19.8 Å². The molecule has 8 nitrogen and oxygen atoms in total. The number of anilines is 2. The first-order chi connectivity index (χ1) is 16.8. The SMILES string of the molecule is CC1=C(C(=O)Nc2ccccc2)C(c2ccc([N+](=O)[O-])cc2)C(C(=O)Nc2ccccc2)=C(C)N1. The Morgan fingerprint density at radius 2 is 1.17 bits per heavy atom. The number of amides is 2. The van der Waals surface area contributed by atoms with E-state index in [2.05, 4.69) is 16.0 Å². The van der Waals surface area contributed by atoms with Gasteiger partial charge in [-0.3, -0.25) is 19.7 Å². The minimum Gasteiger partial charge on any atom is -0.362 e. The zero-order valence-corrected chi connectivity index (χ0v) is 19.2. The molecule has 2 amide bonds. The number of para-hydroxylation sites is 2. The molecule has 1 aliphatic rings. The van der Waals surface area contributed by atoms with E-state index in [1.54, 1.807) is 50.2 Å². The van der Waals surface area contributed by atoms with Crippen molar-refractivity contribution in [2.75, 3.05) is 10.6 Å². The summed E-state index contributed by atoms with van der Waals surface area (Å²) >= 11 is 0. The Balaban J connectivity index is 1.78. The highest BCUT2D eigenvalue weighted by atomic mass is 16.6. The summed E-state index contributed by atoms with van der Waals surface area (Å²) in [5.41, 5.74) is 3.63. The van der Waals surface area contributed by atoms with E-state index in [1.165, 1.54) is 12.1 Å².